The summed E-state index contributed by atoms with van der Waals surface area (Å²) in [5, 5.41) is 3.06. The Hall–Kier alpha value is -2.82. The highest BCUT2D eigenvalue weighted by Crippen LogP contribution is 2.65. The Balaban J connectivity index is 1.30. The van der Waals surface area contributed by atoms with Gasteiger partial charge in [0.25, 0.3) is 0 Å². The third-order valence-electron chi connectivity index (χ3n) is 6.59. The van der Waals surface area contributed by atoms with Crippen LogP contribution in [0.25, 0.3) is 0 Å². The third-order valence-corrected chi connectivity index (χ3v) is 6.59. The molecule has 2 fully saturated rings. The molecule has 1 spiro atoms. The zero-order chi connectivity index (χ0) is 19.3. The average Bonchev–Trinajstić information content (AvgIpc) is 3.37. The number of amides is 1. The van der Waals surface area contributed by atoms with Crippen LogP contribution < -0.4 is 14.8 Å². The molecule has 2 saturated carbocycles. The molecule has 4 atom stereocenters. The number of rotatable bonds is 4. The van der Waals surface area contributed by atoms with Crippen molar-refractivity contribution in [2.45, 2.75) is 31.4 Å². The molecule has 1 amide bonds. The lowest BCUT2D eigenvalue weighted by molar-refractivity contribution is -0.124. The molecule has 28 heavy (non-hydrogen) atoms. The minimum atomic E-state index is -0.511. The monoisotopic (exact) mass is 377 g/mol. The van der Waals surface area contributed by atoms with Crippen LogP contribution in [0.5, 0.6) is 11.5 Å². The summed E-state index contributed by atoms with van der Waals surface area (Å²) < 4.78 is 11.7. The van der Waals surface area contributed by atoms with Crippen molar-refractivity contribution in [3.63, 3.8) is 0 Å². The zero-order valence-electron chi connectivity index (χ0n) is 15.8. The van der Waals surface area contributed by atoms with Crippen molar-refractivity contribution in [2.75, 3.05) is 7.11 Å². The summed E-state index contributed by atoms with van der Waals surface area (Å²) in [5.74, 6) is 1.99. The van der Waals surface area contributed by atoms with Crippen LogP contribution in [0.4, 0.5) is 0 Å². The molecular weight excluding hydrogens is 354 g/mol. The van der Waals surface area contributed by atoms with Crippen LogP contribution in [-0.2, 0) is 11.3 Å². The molecule has 4 unspecified atom stereocenters. The second kappa shape index (κ2) is 6.36. The van der Waals surface area contributed by atoms with Gasteiger partial charge in [-0.25, -0.2) is 0 Å². The van der Waals surface area contributed by atoms with Crippen LogP contribution >= 0.6 is 0 Å². The molecule has 5 nitrogen and oxygen atoms in total. The fourth-order valence-electron chi connectivity index (χ4n) is 5.27. The van der Waals surface area contributed by atoms with Crippen molar-refractivity contribution in [2.24, 2.45) is 17.8 Å². The molecule has 0 saturated heterocycles. The summed E-state index contributed by atoms with van der Waals surface area (Å²) >= 11 is 0. The van der Waals surface area contributed by atoms with Gasteiger partial charge in [-0.05, 0) is 37.0 Å². The highest BCUT2D eigenvalue weighted by Gasteiger charge is 2.70. The maximum absolute atomic E-state index is 12.9. The van der Waals surface area contributed by atoms with E-state index in [9.17, 15) is 9.59 Å². The van der Waals surface area contributed by atoms with E-state index in [2.05, 4.69) is 5.32 Å². The first-order valence-corrected chi connectivity index (χ1v) is 9.84. The minimum Gasteiger partial charge on any atom is -0.496 e. The number of carbonyl (C=O) groups excluding carboxylic acids is 2. The lowest BCUT2D eigenvalue weighted by Crippen LogP contribution is -2.44. The number of nitrogens with one attached hydrogen (secondary N) is 1. The van der Waals surface area contributed by atoms with Gasteiger partial charge in [-0.1, -0.05) is 30.3 Å². The highest BCUT2D eigenvalue weighted by molar-refractivity contribution is 6.00. The van der Waals surface area contributed by atoms with Gasteiger partial charge in [0, 0.05) is 23.9 Å². The molecule has 0 aromatic heterocycles. The van der Waals surface area contributed by atoms with Crippen LogP contribution in [0.1, 0.15) is 35.2 Å². The zero-order valence-corrected chi connectivity index (χ0v) is 15.8. The number of methoxy groups -OCH3 is 1. The number of hydrogen-bond donors (Lipinski definition) is 1. The Morgan fingerprint density at radius 2 is 2.00 bits per heavy atom. The third kappa shape index (κ3) is 2.60. The normalized spacial score (nSPS) is 29.6. The van der Waals surface area contributed by atoms with Gasteiger partial charge in [-0.3, -0.25) is 9.59 Å². The van der Waals surface area contributed by atoms with E-state index in [0.29, 0.717) is 30.2 Å². The average molecular weight is 377 g/mol. The SMILES string of the molecule is COc1ccccc1CNC(=O)C1C2CCC3(CC(=O)c4ccccc4O3)C21. The van der Waals surface area contributed by atoms with Crippen molar-refractivity contribution in [1.82, 2.24) is 5.32 Å². The predicted molar refractivity (Wildman–Crippen MR) is 103 cm³/mol. The van der Waals surface area contributed by atoms with Gasteiger partial charge in [-0.2, -0.15) is 0 Å². The van der Waals surface area contributed by atoms with E-state index >= 15 is 0 Å². The first kappa shape index (κ1) is 17.3. The van der Waals surface area contributed by atoms with E-state index in [4.69, 9.17) is 9.47 Å². The molecule has 0 bridgehead atoms. The van der Waals surface area contributed by atoms with Gasteiger partial charge in [0.2, 0.25) is 5.91 Å². The van der Waals surface area contributed by atoms with Crippen LogP contribution in [0.15, 0.2) is 48.5 Å². The lowest BCUT2D eigenvalue weighted by Gasteiger charge is -2.37. The molecule has 2 aliphatic carbocycles. The summed E-state index contributed by atoms with van der Waals surface area (Å²) in [7, 11) is 1.63. The number of benzene rings is 2. The number of ether oxygens (including phenoxy) is 2. The molecule has 2 aromatic rings. The minimum absolute atomic E-state index is 0.0508. The molecule has 5 heteroatoms. The molecule has 1 N–H and O–H groups in total. The summed E-state index contributed by atoms with van der Waals surface area (Å²) in [6.07, 6.45) is 2.16. The molecule has 144 valence electrons. The Bertz CT molecular complexity index is 955. The van der Waals surface area contributed by atoms with Crippen LogP contribution in [0.3, 0.4) is 0 Å². The first-order chi connectivity index (χ1) is 13.6. The van der Waals surface area contributed by atoms with Gasteiger partial charge in [0.1, 0.15) is 17.1 Å². The largest absolute Gasteiger partial charge is 0.496 e. The van der Waals surface area contributed by atoms with Crippen molar-refractivity contribution < 1.29 is 19.1 Å². The topological polar surface area (TPSA) is 64.6 Å². The van der Waals surface area contributed by atoms with E-state index in [0.717, 1.165) is 24.2 Å². The number of Topliss-reactive ketones (excluding diaryl/α,β-unsaturated/α-hetero) is 1. The van der Waals surface area contributed by atoms with Gasteiger partial charge in [-0.15, -0.1) is 0 Å². The van der Waals surface area contributed by atoms with Gasteiger partial charge < -0.3 is 14.8 Å². The Kier molecular flexibility index (Phi) is 3.93. The van der Waals surface area contributed by atoms with Crippen LogP contribution in [0.2, 0.25) is 0 Å². The van der Waals surface area contributed by atoms with Crippen molar-refractivity contribution >= 4 is 11.7 Å². The first-order valence-electron chi connectivity index (χ1n) is 9.84. The van der Waals surface area contributed by atoms with E-state index in [-0.39, 0.29) is 23.5 Å². The summed E-state index contributed by atoms with van der Waals surface area (Å²) in [6.45, 7) is 0.439. The van der Waals surface area contributed by atoms with Crippen molar-refractivity contribution in [3.05, 3.63) is 59.7 Å². The summed E-state index contributed by atoms with van der Waals surface area (Å²) in [5.41, 5.74) is 1.11. The maximum atomic E-state index is 12.9. The quantitative estimate of drug-likeness (QED) is 0.887. The molecule has 1 heterocycles. The second-order valence-corrected chi connectivity index (χ2v) is 8.05. The molecule has 5 rings (SSSR count). The Morgan fingerprint density at radius 1 is 1.21 bits per heavy atom. The standard InChI is InChI=1S/C23H23NO4/c1-27-18-8-4-2-6-14(18)13-24-22(26)20-16-10-11-23(21(16)20)12-17(25)15-7-3-5-9-19(15)28-23/h2-9,16,20-21H,10-13H2,1H3,(H,24,26). The highest BCUT2D eigenvalue weighted by atomic mass is 16.5. The number of para-hydroxylation sites is 2. The summed E-state index contributed by atoms with van der Waals surface area (Å²) in [4.78, 5) is 25.5. The summed E-state index contributed by atoms with van der Waals surface area (Å²) in [6, 6.07) is 15.1. The van der Waals surface area contributed by atoms with Crippen LogP contribution in [0, 0.1) is 17.8 Å². The number of ketones is 1. The maximum Gasteiger partial charge on any atom is 0.224 e. The Labute approximate surface area is 164 Å². The molecule has 0 radical (unpaired) electrons. The smallest absolute Gasteiger partial charge is 0.224 e. The number of carbonyl (C=O) groups is 2. The number of hydrogen-bond acceptors (Lipinski definition) is 4. The van der Waals surface area contributed by atoms with E-state index in [1.54, 1.807) is 7.11 Å². The predicted octanol–water partition coefficient (Wildman–Crippen LogP) is 3.37. The van der Waals surface area contributed by atoms with Crippen molar-refractivity contribution in [3.8, 4) is 11.5 Å². The fourth-order valence-corrected chi connectivity index (χ4v) is 5.27. The van der Waals surface area contributed by atoms with E-state index in [1.165, 1.54) is 0 Å². The second-order valence-electron chi connectivity index (χ2n) is 8.05. The van der Waals surface area contributed by atoms with E-state index < -0.39 is 5.60 Å². The fraction of sp³-hybridized carbons (Fsp3) is 0.391. The molecule has 1 aliphatic heterocycles. The lowest BCUT2D eigenvalue weighted by atomic mass is 9.84. The molecule has 3 aliphatic rings. The molecule has 2 aromatic carbocycles. The molecular formula is C23H23NO4. The van der Waals surface area contributed by atoms with Crippen molar-refractivity contribution in [1.29, 1.82) is 0 Å². The van der Waals surface area contributed by atoms with Crippen LogP contribution in [-0.4, -0.2) is 24.4 Å². The Morgan fingerprint density at radius 3 is 2.86 bits per heavy atom. The van der Waals surface area contributed by atoms with Gasteiger partial charge >= 0.3 is 0 Å². The number of fused-ring (bicyclic) bond motifs is 3. The van der Waals surface area contributed by atoms with Gasteiger partial charge in [0.05, 0.1) is 19.1 Å². The van der Waals surface area contributed by atoms with Gasteiger partial charge in [0.15, 0.2) is 5.78 Å². The van der Waals surface area contributed by atoms with E-state index in [1.807, 2.05) is 48.5 Å².